The van der Waals surface area contributed by atoms with Crippen molar-refractivity contribution in [2.75, 3.05) is 5.32 Å². The molecular weight excluding hydrogens is 218 g/mol. The van der Waals surface area contributed by atoms with Gasteiger partial charge in [0.25, 0.3) is 0 Å². The van der Waals surface area contributed by atoms with E-state index in [1.54, 1.807) is 0 Å². The van der Waals surface area contributed by atoms with Crippen LogP contribution in [0.3, 0.4) is 0 Å². The molecule has 0 bridgehead atoms. The quantitative estimate of drug-likeness (QED) is 0.685. The molecule has 0 radical (unpaired) electrons. The van der Waals surface area contributed by atoms with Crippen LogP contribution in [0.2, 0.25) is 0 Å². The van der Waals surface area contributed by atoms with Crippen molar-refractivity contribution in [2.24, 2.45) is 17.4 Å². The highest BCUT2D eigenvalue weighted by molar-refractivity contribution is 5.96. The minimum atomic E-state index is -0.768. The number of para-hydroxylation sites is 1. The van der Waals surface area contributed by atoms with E-state index in [9.17, 15) is 9.59 Å². The minimum absolute atomic E-state index is 0.0969. The molecule has 2 rings (SSSR count). The highest BCUT2D eigenvalue weighted by Crippen LogP contribution is 2.27. The first kappa shape index (κ1) is 11.6. The molecule has 0 aromatic heterocycles. The molecule has 2 atom stereocenters. The third kappa shape index (κ3) is 2.45. The highest BCUT2D eigenvalue weighted by Gasteiger charge is 2.28. The third-order valence-electron chi connectivity index (χ3n) is 3.02. The molecule has 0 aliphatic carbocycles. The summed E-state index contributed by atoms with van der Waals surface area (Å²) in [6.07, 6.45) is 0.887. The molecule has 2 amide bonds. The summed E-state index contributed by atoms with van der Waals surface area (Å²) >= 11 is 0. The van der Waals surface area contributed by atoms with E-state index in [1.807, 2.05) is 24.3 Å². The van der Waals surface area contributed by atoms with E-state index in [0.29, 0.717) is 6.42 Å². The Hall–Kier alpha value is -1.88. The molecule has 1 aliphatic rings. The topological polar surface area (TPSA) is 98.2 Å². The van der Waals surface area contributed by atoms with Crippen LogP contribution in [0, 0.1) is 5.92 Å². The summed E-state index contributed by atoms with van der Waals surface area (Å²) in [4.78, 5) is 22.7. The fraction of sp³-hybridized carbons (Fsp3) is 0.333. The van der Waals surface area contributed by atoms with E-state index < -0.39 is 11.9 Å². The summed E-state index contributed by atoms with van der Waals surface area (Å²) in [6.45, 7) is 0. The molecule has 1 aliphatic heterocycles. The van der Waals surface area contributed by atoms with E-state index in [-0.39, 0.29) is 18.2 Å². The lowest BCUT2D eigenvalue weighted by molar-refractivity contribution is -0.122. The Morgan fingerprint density at radius 2 is 2.18 bits per heavy atom. The molecule has 0 saturated heterocycles. The van der Waals surface area contributed by atoms with Crippen molar-refractivity contribution in [3.8, 4) is 0 Å². The molecule has 5 heteroatoms. The predicted molar refractivity (Wildman–Crippen MR) is 64.1 cm³/mol. The van der Waals surface area contributed by atoms with Crippen molar-refractivity contribution >= 4 is 17.5 Å². The Kier molecular flexibility index (Phi) is 3.10. The zero-order valence-corrected chi connectivity index (χ0v) is 9.35. The molecule has 90 valence electrons. The Bertz CT molecular complexity index is 459. The number of rotatable bonds is 3. The molecule has 5 nitrogen and oxygen atoms in total. The number of nitrogens with two attached hydrogens (primary N) is 2. The zero-order chi connectivity index (χ0) is 12.4. The Balaban J connectivity index is 2.12. The number of benzene rings is 1. The highest BCUT2D eigenvalue weighted by atomic mass is 16.2. The van der Waals surface area contributed by atoms with Crippen molar-refractivity contribution in [3.05, 3.63) is 29.8 Å². The van der Waals surface area contributed by atoms with Crippen molar-refractivity contribution in [2.45, 2.75) is 18.9 Å². The van der Waals surface area contributed by atoms with Crippen LogP contribution < -0.4 is 16.8 Å². The fourth-order valence-electron chi connectivity index (χ4n) is 2.03. The third-order valence-corrected chi connectivity index (χ3v) is 3.02. The maximum absolute atomic E-state index is 11.8. The Morgan fingerprint density at radius 3 is 2.88 bits per heavy atom. The second kappa shape index (κ2) is 4.55. The van der Waals surface area contributed by atoms with E-state index >= 15 is 0 Å². The lowest BCUT2D eigenvalue weighted by atomic mass is 9.88. The molecule has 1 aromatic carbocycles. The molecule has 17 heavy (non-hydrogen) atoms. The van der Waals surface area contributed by atoms with Crippen LogP contribution in [0.5, 0.6) is 0 Å². The standard InChI is InChI=1S/C12H15N3O2/c13-9(11(14)16)6-8-5-7-3-1-2-4-10(7)15-12(8)17/h1-4,8-9H,5-6,13H2,(H2,14,16)(H,15,17)/t8?,9-/m0/s1. The largest absolute Gasteiger partial charge is 0.368 e. The number of hydrogen-bond acceptors (Lipinski definition) is 3. The first-order valence-electron chi connectivity index (χ1n) is 5.51. The summed E-state index contributed by atoms with van der Waals surface area (Å²) in [5.74, 6) is -0.954. The summed E-state index contributed by atoms with van der Waals surface area (Å²) in [5, 5.41) is 2.81. The average Bonchev–Trinajstić information content (AvgIpc) is 2.29. The van der Waals surface area contributed by atoms with Gasteiger partial charge in [0.1, 0.15) is 0 Å². The predicted octanol–water partition coefficient (Wildman–Crippen LogP) is 0.0001000. The Morgan fingerprint density at radius 1 is 1.47 bits per heavy atom. The lowest BCUT2D eigenvalue weighted by Gasteiger charge is -2.25. The van der Waals surface area contributed by atoms with Gasteiger partial charge in [0.2, 0.25) is 11.8 Å². The number of carbonyl (C=O) groups excluding carboxylic acids is 2. The van der Waals surface area contributed by atoms with Crippen molar-refractivity contribution in [3.63, 3.8) is 0 Å². The first-order chi connectivity index (χ1) is 8.08. The normalized spacial score (nSPS) is 20.3. The van der Waals surface area contributed by atoms with Crippen LogP contribution >= 0.6 is 0 Å². The van der Waals surface area contributed by atoms with Gasteiger partial charge in [0.05, 0.1) is 6.04 Å². The molecule has 0 spiro atoms. The monoisotopic (exact) mass is 233 g/mol. The summed E-state index contributed by atoms with van der Waals surface area (Å²) in [5.41, 5.74) is 12.6. The molecule has 5 N–H and O–H groups in total. The molecule has 1 heterocycles. The van der Waals surface area contributed by atoms with Crippen molar-refractivity contribution < 1.29 is 9.59 Å². The summed E-state index contributed by atoms with van der Waals surface area (Å²) < 4.78 is 0. The number of amides is 2. The maximum atomic E-state index is 11.8. The number of anilines is 1. The number of primary amides is 1. The van der Waals surface area contributed by atoms with Gasteiger partial charge in [-0.15, -0.1) is 0 Å². The second-order valence-corrected chi connectivity index (χ2v) is 4.29. The zero-order valence-electron chi connectivity index (χ0n) is 9.35. The molecule has 0 saturated carbocycles. The van der Waals surface area contributed by atoms with Gasteiger partial charge in [-0.3, -0.25) is 9.59 Å². The molecule has 0 fully saturated rings. The van der Waals surface area contributed by atoms with Gasteiger partial charge in [-0.2, -0.15) is 0 Å². The van der Waals surface area contributed by atoms with Gasteiger partial charge in [-0.25, -0.2) is 0 Å². The maximum Gasteiger partial charge on any atom is 0.234 e. The van der Waals surface area contributed by atoms with Crippen LogP contribution in [0.15, 0.2) is 24.3 Å². The van der Waals surface area contributed by atoms with Gasteiger partial charge in [0.15, 0.2) is 0 Å². The summed E-state index contributed by atoms with van der Waals surface area (Å²) in [6, 6.07) is 6.83. The van der Waals surface area contributed by atoms with Gasteiger partial charge in [-0.1, -0.05) is 18.2 Å². The number of carbonyl (C=O) groups is 2. The molecular formula is C12H15N3O2. The van der Waals surface area contributed by atoms with Gasteiger partial charge in [0, 0.05) is 11.6 Å². The smallest absolute Gasteiger partial charge is 0.234 e. The average molecular weight is 233 g/mol. The lowest BCUT2D eigenvalue weighted by Crippen LogP contribution is -2.41. The fourth-order valence-corrected chi connectivity index (χ4v) is 2.03. The van der Waals surface area contributed by atoms with Gasteiger partial charge >= 0.3 is 0 Å². The van der Waals surface area contributed by atoms with E-state index in [1.165, 1.54) is 0 Å². The molecule has 1 unspecified atom stereocenters. The second-order valence-electron chi connectivity index (χ2n) is 4.29. The first-order valence-corrected chi connectivity index (χ1v) is 5.51. The van der Waals surface area contributed by atoms with Crippen molar-refractivity contribution in [1.82, 2.24) is 0 Å². The minimum Gasteiger partial charge on any atom is -0.368 e. The number of fused-ring (bicyclic) bond motifs is 1. The SMILES string of the molecule is NC(=O)[C@@H](N)CC1Cc2ccccc2NC1=O. The van der Waals surface area contributed by atoms with E-state index in [2.05, 4.69) is 5.32 Å². The van der Waals surface area contributed by atoms with Gasteiger partial charge < -0.3 is 16.8 Å². The van der Waals surface area contributed by atoms with Crippen LogP contribution in [0.25, 0.3) is 0 Å². The number of nitrogens with one attached hydrogen (secondary N) is 1. The van der Waals surface area contributed by atoms with Crippen LogP contribution in [-0.2, 0) is 16.0 Å². The van der Waals surface area contributed by atoms with Gasteiger partial charge in [-0.05, 0) is 24.5 Å². The van der Waals surface area contributed by atoms with Crippen LogP contribution in [0.4, 0.5) is 5.69 Å². The number of hydrogen-bond donors (Lipinski definition) is 3. The van der Waals surface area contributed by atoms with E-state index in [0.717, 1.165) is 11.3 Å². The molecule has 1 aromatic rings. The van der Waals surface area contributed by atoms with Crippen molar-refractivity contribution in [1.29, 1.82) is 0 Å². The summed E-state index contributed by atoms with van der Waals surface area (Å²) in [7, 11) is 0. The van der Waals surface area contributed by atoms with Crippen LogP contribution in [-0.4, -0.2) is 17.9 Å². The van der Waals surface area contributed by atoms with Crippen LogP contribution in [0.1, 0.15) is 12.0 Å². The van der Waals surface area contributed by atoms with E-state index in [4.69, 9.17) is 11.5 Å². The Labute approximate surface area is 99.2 Å².